The maximum absolute atomic E-state index is 12.5. The van der Waals surface area contributed by atoms with E-state index in [1.807, 2.05) is 35.7 Å². The van der Waals surface area contributed by atoms with Crippen LogP contribution in [-0.2, 0) is 4.79 Å². The number of hydrogen-bond acceptors (Lipinski definition) is 4. The molecule has 1 aliphatic carbocycles. The van der Waals surface area contributed by atoms with Gasteiger partial charge in [0, 0.05) is 12.2 Å². The number of nitrogens with one attached hydrogen (secondary N) is 1. The second-order valence-corrected chi connectivity index (χ2v) is 7.86. The fraction of sp³-hybridized carbons (Fsp3) is 0.588. The third kappa shape index (κ3) is 3.52. The van der Waals surface area contributed by atoms with Crippen LogP contribution in [0, 0.1) is 11.8 Å². The van der Waals surface area contributed by atoms with E-state index in [1.165, 1.54) is 24.6 Å². The topological polar surface area (TPSA) is 59.3 Å². The SMILES string of the molecule is C[C@H]1[C@@H](NC(=O)[C@@H](C)Sc2nnc3ccccn23)CCC[C@@H]1C. The number of pyridine rings is 1. The Morgan fingerprint density at radius 3 is 3.00 bits per heavy atom. The molecule has 0 saturated heterocycles. The van der Waals surface area contributed by atoms with Crippen LogP contribution in [0.1, 0.15) is 40.0 Å². The normalized spacial score (nSPS) is 26.1. The lowest BCUT2D eigenvalue weighted by molar-refractivity contribution is -0.121. The van der Waals surface area contributed by atoms with Gasteiger partial charge in [0.15, 0.2) is 10.8 Å². The predicted octanol–water partition coefficient (Wildman–Crippen LogP) is 3.15. The molecule has 0 aliphatic heterocycles. The number of hydrogen-bond donors (Lipinski definition) is 1. The van der Waals surface area contributed by atoms with Crippen LogP contribution in [0.2, 0.25) is 0 Å². The third-order valence-electron chi connectivity index (χ3n) is 4.97. The quantitative estimate of drug-likeness (QED) is 0.874. The van der Waals surface area contributed by atoms with Crippen molar-refractivity contribution in [2.45, 2.75) is 56.5 Å². The van der Waals surface area contributed by atoms with Crippen LogP contribution in [0.4, 0.5) is 0 Å². The predicted molar refractivity (Wildman–Crippen MR) is 92.4 cm³/mol. The Labute approximate surface area is 141 Å². The molecule has 0 aromatic carbocycles. The third-order valence-corrected chi connectivity index (χ3v) is 6.03. The maximum Gasteiger partial charge on any atom is 0.233 e. The van der Waals surface area contributed by atoms with E-state index in [-0.39, 0.29) is 11.2 Å². The Hall–Kier alpha value is -1.56. The first-order valence-corrected chi connectivity index (χ1v) is 9.21. The number of aromatic nitrogens is 3. The Morgan fingerprint density at radius 2 is 2.17 bits per heavy atom. The number of nitrogens with zero attached hydrogens (tertiary/aromatic N) is 3. The highest BCUT2D eigenvalue weighted by molar-refractivity contribution is 8.00. The fourth-order valence-corrected chi connectivity index (χ4v) is 4.04. The molecule has 0 unspecified atom stereocenters. The number of carbonyl (C=O) groups is 1. The molecule has 2 aromatic rings. The van der Waals surface area contributed by atoms with E-state index in [2.05, 4.69) is 29.4 Å². The second kappa shape index (κ2) is 6.91. The number of fused-ring (bicyclic) bond motifs is 1. The summed E-state index contributed by atoms with van der Waals surface area (Å²) in [4.78, 5) is 12.5. The molecule has 0 spiro atoms. The molecular formula is C17H24N4OS. The molecule has 5 nitrogen and oxygen atoms in total. The standard InChI is InChI=1S/C17H24N4OS/c1-11-7-6-8-14(12(11)2)18-16(22)13(3)23-17-20-19-15-9-4-5-10-21(15)17/h4-5,9-14H,6-8H2,1-3H3,(H,18,22)/t11-,12+,13+,14-/m0/s1. The van der Waals surface area contributed by atoms with E-state index in [0.717, 1.165) is 17.2 Å². The lowest BCUT2D eigenvalue weighted by atomic mass is 9.78. The summed E-state index contributed by atoms with van der Waals surface area (Å²) in [6.07, 6.45) is 5.48. The summed E-state index contributed by atoms with van der Waals surface area (Å²) < 4.78 is 1.92. The average Bonchev–Trinajstić information content (AvgIpc) is 2.95. The second-order valence-electron chi connectivity index (χ2n) is 6.55. The van der Waals surface area contributed by atoms with Crippen molar-refractivity contribution in [3.63, 3.8) is 0 Å². The zero-order chi connectivity index (χ0) is 16.4. The summed E-state index contributed by atoms with van der Waals surface area (Å²) in [5.74, 6) is 1.31. The molecule has 2 aromatic heterocycles. The Morgan fingerprint density at radius 1 is 1.35 bits per heavy atom. The van der Waals surface area contributed by atoms with Gasteiger partial charge in [0.2, 0.25) is 5.91 Å². The van der Waals surface area contributed by atoms with E-state index in [0.29, 0.717) is 17.9 Å². The Bertz CT molecular complexity index is 686. The van der Waals surface area contributed by atoms with Crippen molar-refractivity contribution in [3.8, 4) is 0 Å². The molecule has 1 amide bonds. The van der Waals surface area contributed by atoms with E-state index in [4.69, 9.17) is 0 Å². The molecule has 23 heavy (non-hydrogen) atoms. The zero-order valence-corrected chi connectivity index (χ0v) is 14.7. The van der Waals surface area contributed by atoms with E-state index < -0.39 is 0 Å². The summed E-state index contributed by atoms with van der Waals surface area (Å²) in [6, 6.07) is 6.08. The van der Waals surface area contributed by atoms with E-state index >= 15 is 0 Å². The molecular weight excluding hydrogens is 308 g/mol. The highest BCUT2D eigenvalue weighted by Crippen LogP contribution is 2.30. The van der Waals surface area contributed by atoms with Crippen LogP contribution in [0.3, 0.4) is 0 Å². The summed E-state index contributed by atoms with van der Waals surface area (Å²) in [6.45, 7) is 6.46. The highest BCUT2D eigenvalue weighted by Gasteiger charge is 2.29. The van der Waals surface area contributed by atoms with Crippen molar-refractivity contribution in [1.82, 2.24) is 19.9 Å². The molecule has 0 radical (unpaired) electrons. The summed E-state index contributed by atoms with van der Waals surface area (Å²) in [7, 11) is 0. The smallest absolute Gasteiger partial charge is 0.233 e. The first-order chi connectivity index (χ1) is 11.1. The lowest BCUT2D eigenvalue weighted by Crippen LogP contribution is -2.46. The lowest BCUT2D eigenvalue weighted by Gasteiger charge is -2.35. The molecule has 4 atom stereocenters. The molecule has 1 aliphatic rings. The molecule has 1 saturated carbocycles. The summed E-state index contributed by atoms with van der Waals surface area (Å²) in [5.41, 5.74) is 0.803. The van der Waals surface area contributed by atoms with Gasteiger partial charge in [-0.2, -0.15) is 0 Å². The van der Waals surface area contributed by atoms with Crippen LogP contribution >= 0.6 is 11.8 Å². The van der Waals surface area contributed by atoms with Crippen molar-refractivity contribution in [2.24, 2.45) is 11.8 Å². The van der Waals surface area contributed by atoms with Gasteiger partial charge in [0.25, 0.3) is 0 Å². The van der Waals surface area contributed by atoms with Crippen molar-refractivity contribution < 1.29 is 4.79 Å². The van der Waals surface area contributed by atoms with Gasteiger partial charge in [-0.1, -0.05) is 44.5 Å². The molecule has 0 bridgehead atoms. The number of thioether (sulfide) groups is 1. The molecule has 3 rings (SSSR count). The van der Waals surface area contributed by atoms with Crippen molar-refractivity contribution in [2.75, 3.05) is 0 Å². The van der Waals surface area contributed by atoms with Crippen LogP contribution in [0.15, 0.2) is 29.6 Å². The number of rotatable bonds is 4. The van der Waals surface area contributed by atoms with Crippen molar-refractivity contribution in [3.05, 3.63) is 24.4 Å². The minimum atomic E-state index is -0.188. The zero-order valence-electron chi connectivity index (χ0n) is 13.9. The average molecular weight is 332 g/mol. The van der Waals surface area contributed by atoms with Crippen molar-refractivity contribution >= 4 is 23.3 Å². The van der Waals surface area contributed by atoms with Gasteiger partial charge in [-0.15, -0.1) is 10.2 Å². The van der Waals surface area contributed by atoms with E-state index in [9.17, 15) is 4.79 Å². The fourth-order valence-electron chi connectivity index (χ4n) is 3.20. The first kappa shape index (κ1) is 16.3. The molecule has 2 heterocycles. The highest BCUT2D eigenvalue weighted by atomic mass is 32.2. The Kier molecular flexibility index (Phi) is 4.90. The van der Waals surface area contributed by atoms with Gasteiger partial charge in [-0.25, -0.2) is 0 Å². The largest absolute Gasteiger partial charge is 0.352 e. The molecule has 6 heteroatoms. The Balaban J connectivity index is 1.63. The minimum absolute atomic E-state index is 0.0913. The van der Waals surface area contributed by atoms with Crippen molar-refractivity contribution in [1.29, 1.82) is 0 Å². The van der Waals surface area contributed by atoms with Gasteiger partial charge in [-0.05, 0) is 37.3 Å². The number of carbonyl (C=O) groups excluding carboxylic acids is 1. The maximum atomic E-state index is 12.5. The van der Waals surface area contributed by atoms with Crippen LogP contribution in [-0.4, -0.2) is 31.8 Å². The summed E-state index contributed by atoms with van der Waals surface area (Å²) >= 11 is 1.46. The van der Waals surface area contributed by atoms with Gasteiger partial charge < -0.3 is 5.32 Å². The monoisotopic (exact) mass is 332 g/mol. The van der Waals surface area contributed by atoms with Crippen LogP contribution in [0.5, 0.6) is 0 Å². The molecule has 124 valence electrons. The van der Waals surface area contributed by atoms with Gasteiger partial charge >= 0.3 is 0 Å². The van der Waals surface area contributed by atoms with Gasteiger partial charge in [-0.3, -0.25) is 9.20 Å². The van der Waals surface area contributed by atoms with Gasteiger partial charge in [0.1, 0.15) is 0 Å². The van der Waals surface area contributed by atoms with Crippen LogP contribution < -0.4 is 5.32 Å². The minimum Gasteiger partial charge on any atom is -0.352 e. The van der Waals surface area contributed by atoms with Gasteiger partial charge in [0.05, 0.1) is 5.25 Å². The number of amides is 1. The first-order valence-electron chi connectivity index (χ1n) is 8.33. The van der Waals surface area contributed by atoms with E-state index in [1.54, 1.807) is 0 Å². The molecule has 1 N–H and O–H groups in total. The van der Waals surface area contributed by atoms with Crippen LogP contribution in [0.25, 0.3) is 5.65 Å². The molecule has 1 fully saturated rings. The summed E-state index contributed by atoms with van der Waals surface area (Å²) in [5, 5.41) is 12.1.